The number of nitrogens with zero attached hydrogens (tertiary/aromatic N) is 10. The minimum Gasteiger partial charge on any atom is -0.317 e. The summed E-state index contributed by atoms with van der Waals surface area (Å²) in [5, 5.41) is 23.5. The molecule has 0 aliphatic carbocycles. The Morgan fingerprint density at radius 2 is 1.21 bits per heavy atom. The maximum Gasteiger partial charge on any atom is 0.209 e. The number of fused-ring (bicyclic) bond motifs is 6. The molecule has 0 saturated heterocycles. The van der Waals surface area contributed by atoms with Crippen molar-refractivity contribution in [2.24, 2.45) is 25.1 Å². The summed E-state index contributed by atoms with van der Waals surface area (Å²) in [5.74, 6) is 1.42. The van der Waals surface area contributed by atoms with Crippen molar-refractivity contribution < 1.29 is 21.2 Å². The van der Waals surface area contributed by atoms with Gasteiger partial charge in [-0.2, -0.15) is 10.5 Å². The van der Waals surface area contributed by atoms with E-state index in [9.17, 15) is 26.5 Å². The number of halogens is 1. The van der Waals surface area contributed by atoms with E-state index in [1.165, 1.54) is 6.07 Å². The summed E-state index contributed by atoms with van der Waals surface area (Å²) in [5.41, 5.74) is 7.48. The molecule has 4 aliphatic heterocycles. The van der Waals surface area contributed by atoms with Gasteiger partial charge in [-0.25, -0.2) is 36.3 Å². The van der Waals surface area contributed by atoms with Crippen LogP contribution in [0.3, 0.4) is 0 Å². The van der Waals surface area contributed by atoms with Crippen LogP contribution in [0.5, 0.6) is 0 Å². The molecule has 0 amide bonds. The smallest absolute Gasteiger partial charge is 0.209 e. The van der Waals surface area contributed by atoms with E-state index in [1.807, 2.05) is 42.2 Å². The number of amidine groups is 2. The fourth-order valence-corrected chi connectivity index (χ4v) is 9.20. The van der Waals surface area contributed by atoms with Crippen molar-refractivity contribution in [2.45, 2.75) is 58.1 Å². The molecule has 0 saturated carbocycles. The van der Waals surface area contributed by atoms with Crippen LogP contribution < -0.4 is 5.14 Å². The Kier molecular flexibility index (Phi) is 14.5. The zero-order valence-electron chi connectivity index (χ0n) is 34.0. The zero-order valence-corrected chi connectivity index (χ0v) is 35.6. The van der Waals surface area contributed by atoms with Crippen molar-refractivity contribution in [2.75, 3.05) is 37.7 Å². The van der Waals surface area contributed by atoms with Gasteiger partial charge in [0.05, 0.1) is 70.9 Å². The van der Waals surface area contributed by atoms with Gasteiger partial charge in [0, 0.05) is 61.5 Å². The zero-order chi connectivity index (χ0) is 43.6. The highest BCUT2D eigenvalue weighted by molar-refractivity contribution is 7.90. The average molecular weight is 864 g/mol. The van der Waals surface area contributed by atoms with E-state index in [2.05, 4.69) is 46.0 Å². The highest BCUT2D eigenvalue weighted by Gasteiger charge is 2.25. The number of hydrogen-bond acceptors (Lipinski definition) is 14. The number of aromatic nitrogens is 2. The van der Waals surface area contributed by atoms with Crippen LogP contribution in [0.4, 0.5) is 15.8 Å². The van der Waals surface area contributed by atoms with Gasteiger partial charge >= 0.3 is 0 Å². The first-order valence-corrected chi connectivity index (χ1v) is 23.4. The summed E-state index contributed by atoms with van der Waals surface area (Å²) >= 11 is 0. The number of sulfone groups is 1. The summed E-state index contributed by atoms with van der Waals surface area (Å²) in [6.45, 7) is 7.00. The van der Waals surface area contributed by atoms with Gasteiger partial charge in [0.15, 0.2) is 9.84 Å². The third-order valence-electron chi connectivity index (χ3n) is 9.90. The van der Waals surface area contributed by atoms with Gasteiger partial charge in [-0.15, -0.1) is 0 Å². The van der Waals surface area contributed by atoms with E-state index in [0.717, 1.165) is 90.1 Å². The maximum atomic E-state index is 13.8. The highest BCUT2D eigenvalue weighted by atomic mass is 32.2. The normalized spacial score (nSPS) is 14.9. The fourth-order valence-electron chi connectivity index (χ4n) is 7.15. The molecule has 2 aromatic carbocycles. The van der Waals surface area contributed by atoms with E-state index >= 15 is 0 Å². The lowest BCUT2D eigenvalue weighted by molar-refractivity contribution is 0.558. The van der Waals surface area contributed by atoms with Crippen molar-refractivity contribution in [1.82, 2.24) is 19.8 Å². The Balaban J connectivity index is 0.000000180. The molecule has 0 fully saturated rings. The molecule has 0 radical (unpaired) electrons. The standard InChI is InChI=1S/C22H23N5O2S.C18H14FN5.C3H9NO2S/c1-2-9-30(28,29)14-17-6-3-5-16(20(17)12-23)10-18-11-19-21(13-25-18)26-15-27-8-4-7-24-22(19)27;19-16-4-1-3-12(15(16)9-20)7-13-8-14-17(10-22-13)23-11-24-6-2-5-21-18(14)24;1-2-3-7(4,5)6/h3,5-6,11,13,15H,2,4,7-10,14H2,1H3;1,3-4,8,10-11H,2,5-7H2;2-3H2,1H3,(H2,4,5,6). The average Bonchev–Trinajstić information content (AvgIpc) is 3.24. The number of benzene rings is 2. The van der Waals surface area contributed by atoms with Crippen LogP contribution in [-0.4, -0.2) is 98.6 Å². The Bertz CT molecular complexity index is 2720. The van der Waals surface area contributed by atoms with Crippen LogP contribution in [0.25, 0.3) is 0 Å². The first kappa shape index (κ1) is 44.3. The van der Waals surface area contributed by atoms with Crippen molar-refractivity contribution in [3.8, 4) is 12.1 Å². The lowest BCUT2D eigenvalue weighted by Crippen LogP contribution is -2.37. The quantitative estimate of drug-likeness (QED) is 0.211. The first-order valence-electron chi connectivity index (χ1n) is 19.9. The van der Waals surface area contributed by atoms with Gasteiger partial charge in [-0.1, -0.05) is 44.2 Å². The summed E-state index contributed by atoms with van der Waals surface area (Å²) in [6.07, 6.45) is 11.0. The monoisotopic (exact) mass is 863 g/mol. The summed E-state index contributed by atoms with van der Waals surface area (Å²) in [4.78, 5) is 31.2. The number of aliphatic imine (C=N–C) groups is 4. The largest absolute Gasteiger partial charge is 0.317 e. The van der Waals surface area contributed by atoms with Gasteiger partial charge in [-0.3, -0.25) is 20.0 Å². The van der Waals surface area contributed by atoms with E-state index in [4.69, 9.17) is 5.26 Å². The molecule has 0 unspecified atom stereocenters. The molecule has 15 nitrogen and oxygen atoms in total. The molecule has 4 aromatic rings. The van der Waals surface area contributed by atoms with Crippen molar-refractivity contribution in [3.05, 3.63) is 117 Å². The van der Waals surface area contributed by atoms with Crippen LogP contribution in [0, 0.1) is 28.5 Å². The predicted octanol–water partition coefficient (Wildman–Crippen LogP) is 5.49. The van der Waals surface area contributed by atoms with E-state index in [0.29, 0.717) is 42.4 Å². The molecule has 2 N–H and O–H groups in total. The van der Waals surface area contributed by atoms with Crippen LogP contribution >= 0.6 is 0 Å². The number of hydrogen-bond donors (Lipinski definition) is 1. The Labute approximate surface area is 355 Å². The number of primary sulfonamides is 1. The third kappa shape index (κ3) is 11.3. The second-order valence-corrected chi connectivity index (χ2v) is 18.6. The molecule has 4 aliphatic rings. The molecule has 0 spiro atoms. The van der Waals surface area contributed by atoms with Crippen molar-refractivity contribution in [1.29, 1.82) is 10.5 Å². The van der Waals surface area contributed by atoms with Gasteiger partial charge in [0.25, 0.3) is 0 Å². The lowest BCUT2D eigenvalue weighted by atomic mass is 9.98. The van der Waals surface area contributed by atoms with Gasteiger partial charge in [-0.05, 0) is 60.6 Å². The van der Waals surface area contributed by atoms with Crippen molar-refractivity contribution >= 4 is 55.6 Å². The molecular weight excluding hydrogens is 818 g/mol. The Hall–Kier alpha value is -6.21. The predicted molar refractivity (Wildman–Crippen MR) is 234 cm³/mol. The van der Waals surface area contributed by atoms with E-state index in [-0.39, 0.29) is 22.8 Å². The summed E-state index contributed by atoms with van der Waals surface area (Å²) in [7, 11) is -6.41. The molecule has 6 heterocycles. The van der Waals surface area contributed by atoms with Crippen LogP contribution in [0.15, 0.2) is 80.9 Å². The van der Waals surface area contributed by atoms with Crippen LogP contribution in [0.2, 0.25) is 0 Å². The number of nitrogens with two attached hydrogens (primary N) is 1. The second kappa shape index (κ2) is 19.9. The number of rotatable bonds is 10. The molecular formula is C43H46FN11O4S2. The van der Waals surface area contributed by atoms with E-state index < -0.39 is 25.7 Å². The van der Waals surface area contributed by atoms with Gasteiger partial charge < -0.3 is 9.80 Å². The third-order valence-corrected chi connectivity index (χ3v) is 12.7. The minimum absolute atomic E-state index is 0.0756. The molecule has 18 heteroatoms. The number of nitriles is 2. The first-order chi connectivity index (χ1) is 29.3. The van der Waals surface area contributed by atoms with Crippen molar-refractivity contribution in [3.63, 3.8) is 0 Å². The Morgan fingerprint density at radius 1 is 0.721 bits per heavy atom. The fraction of sp³-hybridized carbons (Fsp3) is 0.349. The SMILES string of the molecule is CCCS(=O)(=O)Cc1cccc(Cc2cc3c(cn2)N=CN2CCCN=C32)c1C#N.CCCS(N)(=O)=O.N#Cc1c(F)cccc1Cc1cc2c(cn1)N=CN1CCCN=C21. The van der Waals surface area contributed by atoms with Gasteiger partial charge in [0.1, 0.15) is 23.6 Å². The number of sulfonamides is 1. The van der Waals surface area contributed by atoms with E-state index in [1.54, 1.807) is 50.2 Å². The molecule has 61 heavy (non-hydrogen) atoms. The lowest BCUT2D eigenvalue weighted by Gasteiger charge is -2.29. The second-order valence-electron chi connectivity index (χ2n) is 14.6. The topological polar surface area (TPSA) is 224 Å². The summed E-state index contributed by atoms with van der Waals surface area (Å²) < 4.78 is 58.3. The maximum absolute atomic E-state index is 13.8. The molecule has 8 rings (SSSR count). The summed E-state index contributed by atoms with van der Waals surface area (Å²) in [6, 6.07) is 18.1. The van der Waals surface area contributed by atoms with Crippen LogP contribution in [0.1, 0.15) is 89.9 Å². The van der Waals surface area contributed by atoms with Crippen LogP contribution in [-0.2, 0) is 38.5 Å². The minimum atomic E-state index is -3.24. The molecule has 0 atom stereocenters. The molecule has 0 bridgehead atoms. The molecule has 2 aromatic heterocycles. The number of pyridine rings is 2. The Morgan fingerprint density at radius 3 is 1.69 bits per heavy atom. The molecule has 316 valence electrons. The van der Waals surface area contributed by atoms with Gasteiger partial charge in [0.2, 0.25) is 10.0 Å². The highest BCUT2D eigenvalue weighted by Crippen LogP contribution is 2.29.